The number of rotatable bonds is 7. The number of hydrogen-bond donors (Lipinski definition) is 1. The first-order valence-corrected chi connectivity index (χ1v) is 12.3. The summed E-state index contributed by atoms with van der Waals surface area (Å²) >= 11 is 6.24. The fourth-order valence-corrected chi connectivity index (χ4v) is 4.03. The van der Waals surface area contributed by atoms with Crippen LogP contribution in [0.15, 0.2) is 107 Å². The average Bonchev–Trinajstić information content (AvgIpc) is 2.93. The Kier molecular flexibility index (Phi) is 7.28. The number of nitrogens with one attached hydrogen (secondary N) is 1. The molecule has 0 unspecified atom stereocenters. The Morgan fingerprint density at radius 3 is 2.53 bits per heavy atom. The number of para-hydroxylation sites is 1. The number of carbonyl (C=O) groups is 1. The Bertz CT molecular complexity index is 1700. The fraction of sp³-hybridized carbons (Fsp3) is 0.0667. The molecule has 1 amide bonds. The molecule has 0 saturated carbocycles. The molecule has 1 aromatic heterocycles. The Balaban J connectivity index is 1.45. The summed E-state index contributed by atoms with van der Waals surface area (Å²) in [6.45, 7) is 1.76. The van der Waals surface area contributed by atoms with Crippen molar-refractivity contribution in [3.05, 3.63) is 124 Å². The maximum absolute atomic E-state index is 13.4. The highest BCUT2D eigenvalue weighted by atomic mass is 35.5. The lowest BCUT2D eigenvalue weighted by atomic mass is 10.2. The molecule has 38 heavy (non-hydrogen) atoms. The number of fused-ring (bicyclic) bond motifs is 1. The standard InChI is InChI=1S/C30H23ClN4O3/c1-20-11-14-24(15-12-20)33-28(36)19-38-27-16-13-23(31)17-22(27)18-32-35-29(21-7-3-2-4-8-21)34-26-10-6-5-9-25(26)30(35)37/h2-18H,19H2,1H3,(H,33,36). The lowest BCUT2D eigenvalue weighted by Gasteiger charge is -2.11. The van der Waals surface area contributed by atoms with E-state index < -0.39 is 0 Å². The molecule has 0 radical (unpaired) electrons. The second-order valence-electron chi connectivity index (χ2n) is 8.57. The van der Waals surface area contributed by atoms with Crippen LogP contribution in [0, 0.1) is 6.92 Å². The van der Waals surface area contributed by atoms with E-state index in [-0.39, 0.29) is 18.1 Å². The number of ether oxygens (including phenoxy) is 1. The van der Waals surface area contributed by atoms with Gasteiger partial charge in [0.2, 0.25) is 0 Å². The fourth-order valence-electron chi connectivity index (χ4n) is 3.85. The van der Waals surface area contributed by atoms with Crippen molar-refractivity contribution in [3.8, 4) is 17.1 Å². The molecule has 0 fully saturated rings. The van der Waals surface area contributed by atoms with Gasteiger partial charge in [-0.15, -0.1) is 0 Å². The van der Waals surface area contributed by atoms with Gasteiger partial charge in [-0.25, -0.2) is 4.98 Å². The van der Waals surface area contributed by atoms with Crippen molar-refractivity contribution in [3.63, 3.8) is 0 Å². The van der Waals surface area contributed by atoms with Crippen LogP contribution in [0.5, 0.6) is 5.75 Å². The van der Waals surface area contributed by atoms with Gasteiger partial charge in [-0.3, -0.25) is 9.59 Å². The van der Waals surface area contributed by atoms with Gasteiger partial charge in [-0.2, -0.15) is 9.78 Å². The molecule has 0 aliphatic carbocycles. The minimum absolute atomic E-state index is 0.219. The van der Waals surface area contributed by atoms with Crippen LogP contribution >= 0.6 is 11.6 Å². The molecule has 1 N–H and O–H groups in total. The van der Waals surface area contributed by atoms with E-state index in [1.807, 2.05) is 67.6 Å². The molecule has 1 heterocycles. The first-order chi connectivity index (χ1) is 18.5. The van der Waals surface area contributed by atoms with Gasteiger partial charge in [0.25, 0.3) is 11.5 Å². The van der Waals surface area contributed by atoms with E-state index in [0.29, 0.717) is 38.8 Å². The Hall–Kier alpha value is -4.75. The number of carbonyl (C=O) groups excluding carboxylic acids is 1. The predicted molar refractivity (Wildman–Crippen MR) is 151 cm³/mol. The molecule has 0 saturated heterocycles. The molecule has 0 atom stereocenters. The predicted octanol–water partition coefficient (Wildman–Crippen LogP) is 5.93. The van der Waals surface area contributed by atoms with Crippen LogP contribution in [-0.4, -0.2) is 28.4 Å². The number of nitrogens with zero attached hydrogens (tertiary/aromatic N) is 3. The third kappa shape index (κ3) is 5.63. The monoisotopic (exact) mass is 522 g/mol. The van der Waals surface area contributed by atoms with Crippen molar-refractivity contribution in [2.75, 3.05) is 11.9 Å². The lowest BCUT2D eigenvalue weighted by molar-refractivity contribution is -0.118. The molecule has 5 aromatic rings. The van der Waals surface area contributed by atoms with Gasteiger partial charge in [0.15, 0.2) is 12.4 Å². The van der Waals surface area contributed by atoms with Crippen molar-refractivity contribution in [1.29, 1.82) is 0 Å². The summed E-state index contributed by atoms with van der Waals surface area (Å²) in [6.07, 6.45) is 1.48. The third-order valence-electron chi connectivity index (χ3n) is 5.76. The summed E-state index contributed by atoms with van der Waals surface area (Å²) in [7, 11) is 0. The summed E-state index contributed by atoms with van der Waals surface area (Å²) in [5.41, 5.74) is 3.28. The molecular weight excluding hydrogens is 500 g/mol. The zero-order valence-corrected chi connectivity index (χ0v) is 21.2. The van der Waals surface area contributed by atoms with Gasteiger partial charge in [-0.1, -0.05) is 71.8 Å². The number of benzene rings is 4. The smallest absolute Gasteiger partial charge is 0.282 e. The van der Waals surface area contributed by atoms with Crippen LogP contribution < -0.4 is 15.6 Å². The van der Waals surface area contributed by atoms with Crippen molar-refractivity contribution >= 4 is 40.3 Å². The SMILES string of the molecule is Cc1ccc(NC(=O)COc2ccc(Cl)cc2C=Nn2c(-c3ccccc3)nc3ccccc3c2=O)cc1. The van der Waals surface area contributed by atoms with Crippen LogP contribution in [0.2, 0.25) is 5.02 Å². The number of halogens is 1. The first-order valence-electron chi connectivity index (χ1n) is 11.9. The van der Waals surface area contributed by atoms with Gasteiger partial charge >= 0.3 is 0 Å². The summed E-state index contributed by atoms with van der Waals surface area (Å²) in [4.78, 5) is 30.6. The number of anilines is 1. The third-order valence-corrected chi connectivity index (χ3v) is 6.00. The van der Waals surface area contributed by atoms with Crippen molar-refractivity contribution < 1.29 is 9.53 Å². The molecule has 0 aliphatic rings. The van der Waals surface area contributed by atoms with Crippen LogP contribution in [0.4, 0.5) is 5.69 Å². The molecule has 8 heteroatoms. The van der Waals surface area contributed by atoms with Gasteiger partial charge in [0, 0.05) is 21.8 Å². The molecular formula is C30H23ClN4O3. The van der Waals surface area contributed by atoms with Gasteiger partial charge in [0.1, 0.15) is 5.75 Å². The maximum atomic E-state index is 13.4. The summed E-state index contributed by atoms with van der Waals surface area (Å²) in [5, 5.41) is 8.18. The zero-order chi connectivity index (χ0) is 26.5. The molecule has 188 valence electrons. The molecule has 5 rings (SSSR count). The number of hydrogen-bond acceptors (Lipinski definition) is 5. The van der Waals surface area contributed by atoms with Gasteiger partial charge in [-0.05, 0) is 49.4 Å². The summed E-state index contributed by atoms with van der Waals surface area (Å²) in [5.74, 6) is 0.473. The van der Waals surface area contributed by atoms with E-state index >= 15 is 0 Å². The Morgan fingerprint density at radius 2 is 1.74 bits per heavy atom. The minimum atomic E-state index is -0.312. The van der Waals surface area contributed by atoms with E-state index in [9.17, 15) is 9.59 Å². The molecule has 0 aliphatic heterocycles. The summed E-state index contributed by atoms with van der Waals surface area (Å²) < 4.78 is 7.05. The highest BCUT2D eigenvalue weighted by molar-refractivity contribution is 6.30. The first kappa shape index (κ1) is 24.9. The van der Waals surface area contributed by atoms with Gasteiger partial charge < -0.3 is 10.1 Å². The average molecular weight is 523 g/mol. The van der Waals surface area contributed by atoms with Crippen LogP contribution in [0.1, 0.15) is 11.1 Å². The topological polar surface area (TPSA) is 85.6 Å². The van der Waals surface area contributed by atoms with E-state index in [4.69, 9.17) is 21.3 Å². The number of aromatic nitrogens is 2. The largest absolute Gasteiger partial charge is 0.483 e. The highest BCUT2D eigenvalue weighted by Gasteiger charge is 2.13. The second-order valence-corrected chi connectivity index (χ2v) is 9.00. The van der Waals surface area contributed by atoms with Crippen LogP contribution in [-0.2, 0) is 4.79 Å². The molecule has 4 aromatic carbocycles. The molecule has 7 nitrogen and oxygen atoms in total. The molecule has 0 spiro atoms. The van der Waals surface area contributed by atoms with Crippen molar-refractivity contribution in [1.82, 2.24) is 9.66 Å². The van der Waals surface area contributed by atoms with E-state index in [0.717, 1.165) is 11.1 Å². The molecule has 0 bridgehead atoms. The van der Waals surface area contributed by atoms with E-state index in [1.165, 1.54) is 10.9 Å². The quantitative estimate of drug-likeness (QED) is 0.269. The van der Waals surface area contributed by atoms with E-state index in [2.05, 4.69) is 10.4 Å². The maximum Gasteiger partial charge on any atom is 0.282 e. The van der Waals surface area contributed by atoms with E-state index in [1.54, 1.807) is 36.4 Å². The van der Waals surface area contributed by atoms with Crippen molar-refractivity contribution in [2.24, 2.45) is 5.10 Å². The Morgan fingerprint density at radius 1 is 1.00 bits per heavy atom. The van der Waals surface area contributed by atoms with Gasteiger partial charge in [0.05, 0.1) is 17.1 Å². The minimum Gasteiger partial charge on any atom is -0.483 e. The zero-order valence-electron chi connectivity index (χ0n) is 20.5. The lowest BCUT2D eigenvalue weighted by Crippen LogP contribution is -2.21. The normalized spacial score (nSPS) is 11.1. The Labute approximate surface area is 224 Å². The highest BCUT2D eigenvalue weighted by Crippen LogP contribution is 2.23. The van der Waals surface area contributed by atoms with Crippen molar-refractivity contribution in [2.45, 2.75) is 6.92 Å². The van der Waals surface area contributed by atoms with Crippen LogP contribution in [0.3, 0.4) is 0 Å². The van der Waals surface area contributed by atoms with Crippen LogP contribution in [0.25, 0.3) is 22.3 Å². The number of aryl methyl sites for hydroxylation is 1. The number of amides is 1. The second kappa shape index (κ2) is 11.1. The summed E-state index contributed by atoms with van der Waals surface area (Å²) in [6, 6.07) is 28.9.